The van der Waals surface area contributed by atoms with Crippen LogP contribution in [0.15, 0.2) is 109 Å². The van der Waals surface area contributed by atoms with Crippen molar-refractivity contribution in [3.05, 3.63) is 131 Å². The Kier molecular flexibility index (Phi) is 18.5. The number of carbonyl (C=O) groups is 2. The van der Waals surface area contributed by atoms with Crippen LogP contribution in [0.1, 0.15) is 132 Å². The Labute approximate surface area is 388 Å². The van der Waals surface area contributed by atoms with Crippen LogP contribution in [0.5, 0.6) is 11.5 Å². The molecule has 65 heavy (non-hydrogen) atoms. The summed E-state index contributed by atoms with van der Waals surface area (Å²) in [4.78, 5) is 28.3. The summed E-state index contributed by atoms with van der Waals surface area (Å²) in [5.74, 6) is 0.118. The minimum absolute atomic E-state index is 0.0112. The molecule has 0 spiro atoms. The predicted molar refractivity (Wildman–Crippen MR) is 265 cm³/mol. The molecule has 0 bridgehead atoms. The van der Waals surface area contributed by atoms with Gasteiger partial charge >= 0.3 is 0 Å². The number of nitrogen functional groups attached to an aromatic ring is 2. The average molecular weight is 883 g/mol. The second kappa shape index (κ2) is 24.4. The van der Waals surface area contributed by atoms with E-state index in [4.69, 9.17) is 20.9 Å². The number of hydrogen-bond acceptors (Lipinski definition) is 8. The van der Waals surface area contributed by atoms with Gasteiger partial charge in [-0.1, -0.05) is 139 Å². The monoisotopic (exact) mass is 883 g/mol. The lowest BCUT2D eigenvalue weighted by Gasteiger charge is -2.42. The van der Waals surface area contributed by atoms with Gasteiger partial charge in [-0.05, 0) is 145 Å². The molecule has 2 aliphatic carbocycles. The summed E-state index contributed by atoms with van der Waals surface area (Å²) >= 11 is 0. The van der Waals surface area contributed by atoms with E-state index >= 15 is 0 Å². The molecule has 8 heteroatoms. The van der Waals surface area contributed by atoms with Gasteiger partial charge in [-0.2, -0.15) is 0 Å². The third kappa shape index (κ3) is 14.9. The second-order valence-corrected chi connectivity index (χ2v) is 19.3. The van der Waals surface area contributed by atoms with Crippen LogP contribution in [0.25, 0.3) is 12.2 Å². The van der Waals surface area contributed by atoms with Crippen molar-refractivity contribution in [1.82, 2.24) is 0 Å². The van der Waals surface area contributed by atoms with Gasteiger partial charge in [0.05, 0.1) is 13.2 Å². The van der Waals surface area contributed by atoms with Gasteiger partial charge in [-0.15, -0.1) is 0 Å². The van der Waals surface area contributed by atoms with E-state index in [0.717, 1.165) is 28.9 Å². The van der Waals surface area contributed by atoms with E-state index in [2.05, 4.69) is 13.8 Å². The van der Waals surface area contributed by atoms with Crippen LogP contribution in [0.2, 0.25) is 0 Å². The molecule has 0 heterocycles. The topological polar surface area (TPSA) is 145 Å². The van der Waals surface area contributed by atoms with E-state index in [1.807, 2.05) is 48.5 Å². The smallest absolute Gasteiger partial charge is 0.235 e. The van der Waals surface area contributed by atoms with Crippen molar-refractivity contribution in [2.75, 3.05) is 24.7 Å². The fraction of sp³-hybridized carbons (Fsp3) is 0.474. The highest BCUT2D eigenvalue weighted by molar-refractivity contribution is 6.01. The zero-order chi connectivity index (χ0) is 46.1. The Morgan fingerprint density at radius 3 is 1.35 bits per heavy atom. The molecular formula is C57H74N2O6. The SMILES string of the molecule is CCCCC1CCC(COc2ccc(/C=C/C(=O)CC(Cc3ccc(N)cc3)(Cc3ccc(N)cc3)C(O)(O)C(=O)/C=C/c3ccc(OCC4CCC(CCCC)CC4)cc3)cc2)CC1. The van der Waals surface area contributed by atoms with Crippen molar-refractivity contribution in [3.63, 3.8) is 0 Å². The fourth-order valence-electron chi connectivity index (χ4n) is 9.88. The largest absolute Gasteiger partial charge is 0.493 e. The number of nitrogens with two attached hydrogens (primary N) is 2. The number of hydrogen-bond donors (Lipinski definition) is 4. The van der Waals surface area contributed by atoms with Crippen molar-refractivity contribution in [2.45, 2.75) is 129 Å². The number of carbonyl (C=O) groups excluding carboxylic acids is 2. The van der Waals surface area contributed by atoms with Crippen molar-refractivity contribution in [3.8, 4) is 11.5 Å². The molecule has 4 aromatic rings. The highest BCUT2D eigenvalue weighted by Gasteiger charge is 2.54. The third-order valence-corrected chi connectivity index (χ3v) is 14.1. The van der Waals surface area contributed by atoms with E-state index in [-0.39, 0.29) is 25.0 Å². The number of allylic oxidation sites excluding steroid dienone is 1. The van der Waals surface area contributed by atoms with Crippen LogP contribution < -0.4 is 20.9 Å². The number of aliphatic hydroxyl groups is 2. The summed E-state index contributed by atoms with van der Waals surface area (Å²) in [6, 6.07) is 29.1. The van der Waals surface area contributed by atoms with Crippen molar-refractivity contribution < 1.29 is 29.3 Å². The van der Waals surface area contributed by atoms with Gasteiger partial charge in [-0.3, -0.25) is 9.59 Å². The van der Waals surface area contributed by atoms with Gasteiger partial charge in [0.1, 0.15) is 11.5 Å². The zero-order valence-corrected chi connectivity index (χ0v) is 39.0. The van der Waals surface area contributed by atoms with Gasteiger partial charge in [0.2, 0.25) is 11.6 Å². The fourth-order valence-corrected chi connectivity index (χ4v) is 9.88. The molecule has 4 aromatic carbocycles. The van der Waals surface area contributed by atoms with E-state index < -0.39 is 17.0 Å². The normalized spacial score (nSPS) is 19.4. The van der Waals surface area contributed by atoms with Crippen LogP contribution in [0, 0.1) is 29.1 Å². The molecule has 0 atom stereocenters. The van der Waals surface area contributed by atoms with Crippen LogP contribution in [0.4, 0.5) is 11.4 Å². The Morgan fingerprint density at radius 1 is 0.569 bits per heavy atom. The Balaban J connectivity index is 1.15. The Bertz CT molecular complexity index is 2060. The lowest BCUT2D eigenvalue weighted by atomic mass is 9.65. The standard InChI is InChI=1S/C57H74N2O6/c1-3-5-7-42-9-13-48(14-10-42)40-64-53-32-22-44(23-33-53)21-31-52(60)39-56(37-46-17-27-50(58)28-18-46,38-47-19-29-51(59)30-20-47)57(62,63)55(61)36-26-45-24-34-54(35-25-45)65-41-49-15-11-43(12-16-49)8-6-4-2/h17-36,42-43,48-49,62-63H,3-16,37-41,58-59H2,1-2H3/b31-21+,36-26+. The molecule has 2 fully saturated rings. The highest BCUT2D eigenvalue weighted by Crippen LogP contribution is 2.43. The zero-order valence-electron chi connectivity index (χ0n) is 39.0. The molecular weight excluding hydrogens is 809 g/mol. The van der Waals surface area contributed by atoms with Gasteiger partial charge in [0.25, 0.3) is 0 Å². The van der Waals surface area contributed by atoms with E-state index in [1.54, 1.807) is 60.7 Å². The molecule has 6 N–H and O–H groups in total. The molecule has 2 aliphatic rings. The minimum Gasteiger partial charge on any atom is -0.493 e. The molecule has 0 aliphatic heterocycles. The summed E-state index contributed by atoms with van der Waals surface area (Å²) in [5.41, 5.74) is 14.3. The number of ketones is 2. The molecule has 348 valence electrons. The molecule has 0 aromatic heterocycles. The lowest BCUT2D eigenvalue weighted by molar-refractivity contribution is -0.230. The maximum absolute atomic E-state index is 14.2. The Morgan fingerprint density at radius 2 is 0.954 bits per heavy atom. The van der Waals surface area contributed by atoms with Crippen molar-refractivity contribution in [1.29, 1.82) is 0 Å². The molecule has 6 rings (SSSR count). The molecule has 0 radical (unpaired) electrons. The van der Waals surface area contributed by atoms with Gasteiger partial charge in [-0.25, -0.2) is 0 Å². The van der Waals surface area contributed by atoms with Gasteiger partial charge < -0.3 is 31.2 Å². The van der Waals surface area contributed by atoms with E-state index in [9.17, 15) is 19.8 Å². The average Bonchev–Trinajstić information content (AvgIpc) is 3.32. The number of rotatable bonds is 24. The summed E-state index contributed by atoms with van der Waals surface area (Å²) in [6.07, 6.45) is 23.3. The molecule has 0 saturated heterocycles. The lowest BCUT2D eigenvalue weighted by Crippen LogP contribution is -2.57. The van der Waals surface area contributed by atoms with Crippen LogP contribution in [-0.2, 0) is 22.4 Å². The first kappa shape index (κ1) is 49.3. The minimum atomic E-state index is -2.97. The maximum atomic E-state index is 14.2. The predicted octanol–water partition coefficient (Wildman–Crippen LogP) is 12.0. The molecule has 0 amide bonds. The summed E-state index contributed by atoms with van der Waals surface area (Å²) in [5, 5.41) is 24.5. The van der Waals surface area contributed by atoms with Crippen LogP contribution >= 0.6 is 0 Å². The van der Waals surface area contributed by atoms with Gasteiger partial charge in [0, 0.05) is 23.2 Å². The highest BCUT2D eigenvalue weighted by atomic mass is 16.5. The van der Waals surface area contributed by atoms with E-state index in [1.165, 1.54) is 102 Å². The molecule has 8 nitrogen and oxygen atoms in total. The number of anilines is 2. The van der Waals surface area contributed by atoms with Crippen LogP contribution in [0.3, 0.4) is 0 Å². The first-order chi connectivity index (χ1) is 31.4. The summed E-state index contributed by atoms with van der Waals surface area (Å²) in [7, 11) is 0. The maximum Gasteiger partial charge on any atom is 0.235 e. The Hall–Kier alpha value is -5.18. The summed E-state index contributed by atoms with van der Waals surface area (Å²) < 4.78 is 12.4. The third-order valence-electron chi connectivity index (χ3n) is 14.1. The summed E-state index contributed by atoms with van der Waals surface area (Å²) in [6.45, 7) is 5.91. The second-order valence-electron chi connectivity index (χ2n) is 19.3. The number of ether oxygens (including phenoxy) is 2. The van der Waals surface area contributed by atoms with Crippen LogP contribution in [-0.4, -0.2) is 40.8 Å². The first-order valence-electron chi connectivity index (χ1n) is 24.5. The number of unbranched alkanes of at least 4 members (excludes halogenated alkanes) is 2. The first-order valence-corrected chi connectivity index (χ1v) is 24.5. The van der Waals surface area contributed by atoms with Crippen molar-refractivity contribution in [2.24, 2.45) is 29.1 Å². The van der Waals surface area contributed by atoms with Crippen molar-refractivity contribution >= 4 is 35.1 Å². The molecule has 2 saturated carbocycles. The quantitative estimate of drug-likeness (QED) is 0.0309. The van der Waals surface area contributed by atoms with Gasteiger partial charge in [0.15, 0.2) is 5.78 Å². The van der Waals surface area contributed by atoms with E-state index in [0.29, 0.717) is 53.1 Å². The molecule has 0 unspecified atom stereocenters. The number of benzene rings is 4.